The number of benzene rings is 1. The Morgan fingerprint density at radius 1 is 1.08 bits per heavy atom. The second kappa shape index (κ2) is 8.58. The summed E-state index contributed by atoms with van der Waals surface area (Å²) in [5.74, 6) is -0.407. The predicted molar refractivity (Wildman–Crippen MR) is 97.3 cm³/mol. The lowest BCUT2D eigenvalue weighted by molar-refractivity contribution is 0.309. The van der Waals surface area contributed by atoms with Gasteiger partial charge in [0.1, 0.15) is 5.82 Å². The van der Waals surface area contributed by atoms with Gasteiger partial charge < -0.3 is 10.6 Å². The SMILES string of the molecule is O=S(=O)(Cc1ccc(F)cc1)N1CCCCC(NC2CCNCC2)C1. The van der Waals surface area contributed by atoms with Crippen LogP contribution in [0.3, 0.4) is 0 Å². The third kappa shape index (κ3) is 5.48. The third-order valence-electron chi connectivity index (χ3n) is 5.10. The predicted octanol–water partition coefficient (Wildman–Crippen LogP) is 1.85. The van der Waals surface area contributed by atoms with E-state index in [1.807, 2.05) is 0 Å². The van der Waals surface area contributed by atoms with Crippen LogP contribution < -0.4 is 10.6 Å². The van der Waals surface area contributed by atoms with Crippen LogP contribution in [0.5, 0.6) is 0 Å². The van der Waals surface area contributed by atoms with Crippen molar-refractivity contribution in [3.05, 3.63) is 35.6 Å². The zero-order valence-corrected chi connectivity index (χ0v) is 15.4. The van der Waals surface area contributed by atoms with Gasteiger partial charge in [-0.1, -0.05) is 18.6 Å². The zero-order chi connectivity index (χ0) is 17.7. The summed E-state index contributed by atoms with van der Waals surface area (Å²) in [6.45, 7) is 3.16. The first kappa shape index (κ1) is 18.8. The van der Waals surface area contributed by atoms with E-state index in [1.165, 1.54) is 12.1 Å². The Hall–Kier alpha value is -1.02. The molecule has 2 heterocycles. The molecule has 25 heavy (non-hydrogen) atoms. The molecule has 2 saturated heterocycles. The highest BCUT2D eigenvalue weighted by Crippen LogP contribution is 2.19. The summed E-state index contributed by atoms with van der Waals surface area (Å²) in [5.41, 5.74) is 0.633. The molecular weight excluding hydrogens is 341 g/mol. The monoisotopic (exact) mass is 369 g/mol. The summed E-state index contributed by atoms with van der Waals surface area (Å²) in [6, 6.07) is 6.42. The summed E-state index contributed by atoms with van der Waals surface area (Å²) >= 11 is 0. The van der Waals surface area contributed by atoms with Gasteiger partial charge in [-0.2, -0.15) is 0 Å². The molecule has 0 aliphatic carbocycles. The Morgan fingerprint density at radius 2 is 1.80 bits per heavy atom. The smallest absolute Gasteiger partial charge is 0.218 e. The van der Waals surface area contributed by atoms with E-state index >= 15 is 0 Å². The Kier molecular flexibility index (Phi) is 6.44. The van der Waals surface area contributed by atoms with Crippen molar-refractivity contribution in [2.75, 3.05) is 26.2 Å². The van der Waals surface area contributed by atoms with E-state index in [0.29, 0.717) is 24.7 Å². The average molecular weight is 370 g/mol. The van der Waals surface area contributed by atoms with Gasteiger partial charge in [0.05, 0.1) is 5.75 Å². The molecule has 0 aromatic heterocycles. The third-order valence-corrected chi connectivity index (χ3v) is 6.92. The van der Waals surface area contributed by atoms with Crippen LogP contribution in [-0.4, -0.2) is 51.0 Å². The standard InChI is InChI=1S/C18H28FN3O2S/c19-16-6-4-15(5-7-16)14-25(23,24)22-12-2-1-3-18(13-22)21-17-8-10-20-11-9-17/h4-7,17-18,20-21H,1-3,8-14H2. The van der Waals surface area contributed by atoms with Gasteiger partial charge in [0, 0.05) is 25.2 Å². The van der Waals surface area contributed by atoms with Crippen LogP contribution in [-0.2, 0) is 15.8 Å². The lowest BCUT2D eigenvalue weighted by Gasteiger charge is -2.30. The Bertz CT molecular complexity index is 645. The molecule has 0 spiro atoms. The Morgan fingerprint density at radius 3 is 2.52 bits per heavy atom. The van der Waals surface area contributed by atoms with Crippen LogP contribution >= 0.6 is 0 Å². The summed E-state index contributed by atoms with van der Waals surface area (Å²) in [6.07, 6.45) is 5.16. The highest BCUT2D eigenvalue weighted by atomic mass is 32.2. The summed E-state index contributed by atoms with van der Waals surface area (Å²) < 4.78 is 40.3. The fourth-order valence-corrected chi connectivity index (χ4v) is 5.31. The van der Waals surface area contributed by atoms with Crippen molar-refractivity contribution in [1.29, 1.82) is 0 Å². The summed E-state index contributed by atoms with van der Waals surface area (Å²) in [4.78, 5) is 0. The van der Waals surface area contributed by atoms with E-state index in [0.717, 1.165) is 45.2 Å². The number of hydrogen-bond donors (Lipinski definition) is 2. The van der Waals surface area contributed by atoms with Crippen LogP contribution in [0.15, 0.2) is 24.3 Å². The first-order valence-corrected chi connectivity index (χ1v) is 10.8. The quantitative estimate of drug-likeness (QED) is 0.832. The maximum absolute atomic E-state index is 13.0. The van der Waals surface area contributed by atoms with Gasteiger partial charge in [-0.25, -0.2) is 17.1 Å². The van der Waals surface area contributed by atoms with Gasteiger partial charge in [-0.15, -0.1) is 0 Å². The van der Waals surface area contributed by atoms with Gasteiger partial charge in [0.2, 0.25) is 10.0 Å². The number of rotatable bonds is 5. The summed E-state index contributed by atoms with van der Waals surface area (Å²) in [5, 5.41) is 7.03. The largest absolute Gasteiger partial charge is 0.317 e. The Labute approximate surface area is 150 Å². The van der Waals surface area contributed by atoms with Gasteiger partial charge in [-0.3, -0.25) is 0 Å². The van der Waals surface area contributed by atoms with Crippen molar-refractivity contribution < 1.29 is 12.8 Å². The molecule has 140 valence electrons. The van der Waals surface area contributed by atoms with Gasteiger partial charge >= 0.3 is 0 Å². The molecule has 0 bridgehead atoms. The van der Waals surface area contributed by atoms with E-state index < -0.39 is 10.0 Å². The average Bonchev–Trinajstić information content (AvgIpc) is 2.84. The first-order chi connectivity index (χ1) is 12.0. The first-order valence-electron chi connectivity index (χ1n) is 9.22. The number of nitrogens with one attached hydrogen (secondary N) is 2. The van der Waals surface area contributed by atoms with Crippen molar-refractivity contribution in [2.24, 2.45) is 0 Å². The molecule has 1 atom stereocenters. The molecule has 2 aliphatic rings. The van der Waals surface area contributed by atoms with Gasteiger partial charge in [0.25, 0.3) is 0 Å². The van der Waals surface area contributed by atoms with Crippen molar-refractivity contribution in [3.63, 3.8) is 0 Å². The minimum absolute atomic E-state index is 0.0622. The highest BCUT2D eigenvalue weighted by Gasteiger charge is 2.29. The molecule has 1 aromatic carbocycles. The second-order valence-electron chi connectivity index (χ2n) is 7.12. The fraction of sp³-hybridized carbons (Fsp3) is 0.667. The minimum atomic E-state index is -3.39. The van der Waals surface area contributed by atoms with E-state index in [1.54, 1.807) is 16.4 Å². The molecule has 2 fully saturated rings. The number of halogens is 1. The van der Waals surface area contributed by atoms with E-state index in [-0.39, 0.29) is 17.6 Å². The minimum Gasteiger partial charge on any atom is -0.317 e. The number of piperidine rings is 1. The fourth-order valence-electron chi connectivity index (χ4n) is 3.70. The normalized spacial score (nSPS) is 24.1. The van der Waals surface area contributed by atoms with Crippen molar-refractivity contribution in [3.8, 4) is 0 Å². The van der Waals surface area contributed by atoms with E-state index in [2.05, 4.69) is 10.6 Å². The molecule has 0 radical (unpaired) electrons. The molecule has 7 heteroatoms. The Balaban J connectivity index is 1.63. The topological polar surface area (TPSA) is 61.4 Å². The molecule has 5 nitrogen and oxygen atoms in total. The lowest BCUT2D eigenvalue weighted by atomic mass is 10.0. The molecule has 0 saturated carbocycles. The molecule has 3 rings (SSSR count). The van der Waals surface area contributed by atoms with Crippen LogP contribution in [0.4, 0.5) is 4.39 Å². The van der Waals surface area contributed by atoms with Crippen LogP contribution in [0.25, 0.3) is 0 Å². The molecule has 2 N–H and O–H groups in total. The van der Waals surface area contributed by atoms with Crippen molar-refractivity contribution in [2.45, 2.75) is 49.9 Å². The number of hydrogen-bond acceptors (Lipinski definition) is 4. The van der Waals surface area contributed by atoms with Crippen LogP contribution in [0.1, 0.15) is 37.7 Å². The highest BCUT2D eigenvalue weighted by molar-refractivity contribution is 7.88. The van der Waals surface area contributed by atoms with Crippen LogP contribution in [0, 0.1) is 5.82 Å². The van der Waals surface area contributed by atoms with E-state index in [9.17, 15) is 12.8 Å². The molecule has 0 amide bonds. The van der Waals surface area contributed by atoms with Gasteiger partial charge in [-0.05, 0) is 56.5 Å². The van der Waals surface area contributed by atoms with Crippen LogP contribution in [0.2, 0.25) is 0 Å². The second-order valence-corrected chi connectivity index (χ2v) is 9.09. The zero-order valence-electron chi connectivity index (χ0n) is 14.6. The molecule has 2 aliphatic heterocycles. The maximum atomic E-state index is 13.0. The van der Waals surface area contributed by atoms with E-state index in [4.69, 9.17) is 0 Å². The maximum Gasteiger partial charge on any atom is 0.218 e. The molecule has 1 aromatic rings. The number of sulfonamides is 1. The molecule has 1 unspecified atom stereocenters. The number of nitrogens with zero attached hydrogens (tertiary/aromatic N) is 1. The van der Waals surface area contributed by atoms with Crippen molar-refractivity contribution >= 4 is 10.0 Å². The van der Waals surface area contributed by atoms with Crippen molar-refractivity contribution in [1.82, 2.24) is 14.9 Å². The molecular formula is C18H28FN3O2S. The summed E-state index contributed by atoms with van der Waals surface area (Å²) in [7, 11) is -3.39. The lowest BCUT2D eigenvalue weighted by Crippen LogP contribution is -2.49. The van der Waals surface area contributed by atoms with Gasteiger partial charge in [0.15, 0.2) is 0 Å².